The summed E-state index contributed by atoms with van der Waals surface area (Å²) in [5, 5.41) is 12.3. The van der Waals surface area contributed by atoms with E-state index in [1.807, 2.05) is 18.2 Å². The first-order valence-corrected chi connectivity index (χ1v) is 3.98. The van der Waals surface area contributed by atoms with Crippen molar-refractivity contribution in [2.45, 2.75) is 0 Å². The minimum absolute atomic E-state index is 0.576. The number of nitrogens with zero attached hydrogens (tertiary/aromatic N) is 1. The second kappa shape index (κ2) is 2.94. The molecule has 0 aliphatic carbocycles. The topological polar surface area (TPSA) is 36.2 Å². The normalized spacial score (nSPS) is 10.2. The summed E-state index contributed by atoms with van der Waals surface area (Å²) >= 11 is 0. The molecule has 0 aliphatic heterocycles. The third kappa shape index (κ3) is 1.18. The van der Waals surface area contributed by atoms with Crippen molar-refractivity contribution in [3.63, 3.8) is 0 Å². The van der Waals surface area contributed by atoms with Crippen LogP contribution in [0.4, 0.5) is 0 Å². The Morgan fingerprint density at radius 3 is 2.77 bits per heavy atom. The van der Waals surface area contributed by atoms with Crippen molar-refractivity contribution >= 4 is 10.9 Å². The molecule has 0 radical (unpaired) electrons. The molecule has 0 unspecified atom stereocenters. The van der Waals surface area contributed by atoms with Crippen LogP contribution in [0, 0.1) is 5.21 Å². The number of ether oxygens (including phenoxy) is 1. The Hall–Kier alpha value is -1.77. The molecule has 66 valence electrons. The quantitative estimate of drug-likeness (QED) is 0.486. The molecule has 0 amide bonds. The molecule has 1 aromatic carbocycles. The van der Waals surface area contributed by atoms with Gasteiger partial charge in [-0.1, -0.05) is 6.07 Å². The second-order valence-electron chi connectivity index (χ2n) is 2.73. The molecule has 0 saturated carbocycles. The fourth-order valence-electron chi connectivity index (χ4n) is 1.37. The summed E-state index contributed by atoms with van der Waals surface area (Å²) in [4.78, 5) is 0. The van der Waals surface area contributed by atoms with Crippen molar-refractivity contribution in [2.75, 3.05) is 7.11 Å². The van der Waals surface area contributed by atoms with Crippen LogP contribution in [0.5, 0.6) is 5.75 Å². The number of hydrogen-bond donors (Lipinski definition) is 0. The molecule has 1 heterocycles. The molecule has 0 N–H and O–H groups in total. The third-order valence-electron chi connectivity index (χ3n) is 1.97. The Labute approximate surface area is 75.8 Å². The molecule has 13 heavy (non-hydrogen) atoms. The zero-order valence-corrected chi connectivity index (χ0v) is 7.23. The van der Waals surface area contributed by atoms with Crippen LogP contribution in [0.15, 0.2) is 36.5 Å². The molecular weight excluding hydrogens is 166 g/mol. The summed E-state index contributed by atoms with van der Waals surface area (Å²) in [6.07, 6.45) is 1.46. The van der Waals surface area contributed by atoms with Crippen molar-refractivity contribution in [2.24, 2.45) is 0 Å². The van der Waals surface area contributed by atoms with Gasteiger partial charge >= 0.3 is 0 Å². The summed E-state index contributed by atoms with van der Waals surface area (Å²) in [7, 11) is 1.56. The average molecular weight is 175 g/mol. The molecule has 0 aliphatic rings. The summed E-state index contributed by atoms with van der Waals surface area (Å²) < 4.78 is 5.90. The van der Waals surface area contributed by atoms with Crippen LogP contribution in [-0.2, 0) is 0 Å². The lowest BCUT2D eigenvalue weighted by atomic mass is 10.2. The van der Waals surface area contributed by atoms with Gasteiger partial charge in [0, 0.05) is 6.07 Å². The van der Waals surface area contributed by atoms with Gasteiger partial charge in [-0.3, -0.25) is 0 Å². The zero-order chi connectivity index (χ0) is 9.26. The van der Waals surface area contributed by atoms with Gasteiger partial charge in [-0.2, -0.15) is 4.73 Å². The van der Waals surface area contributed by atoms with Crippen LogP contribution in [0.1, 0.15) is 0 Å². The number of methoxy groups -OCH3 is 1. The fraction of sp³-hybridized carbons (Fsp3) is 0.100. The average Bonchev–Trinajstić information content (AvgIpc) is 2.17. The maximum Gasteiger partial charge on any atom is 0.266 e. The lowest BCUT2D eigenvalue weighted by Crippen LogP contribution is -2.26. The van der Waals surface area contributed by atoms with Crippen molar-refractivity contribution in [3.05, 3.63) is 41.7 Å². The van der Waals surface area contributed by atoms with E-state index < -0.39 is 0 Å². The summed E-state index contributed by atoms with van der Waals surface area (Å²) in [5.74, 6) is 0.605. The molecule has 0 atom stereocenters. The molecule has 2 aromatic rings. The molecular formula is C10H9NO2. The smallest absolute Gasteiger partial charge is 0.266 e. The molecule has 0 spiro atoms. The van der Waals surface area contributed by atoms with E-state index in [4.69, 9.17) is 4.74 Å². The molecule has 0 fully saturated rings. The van der Waals surface area contributed by atoms with Gasteiger partial charge in [0.25, 0.3) is 5.52 Å². The zero-order valence-electron chi connectivity index (χ0n) is 7.23. The van der Waals surface area contributed by atoms with Crippen LogP contribution in [0.25, 0.3) is 10.9 Å². The predicted molar refractivity (Wildman–Crippen MR) is 49.5 cm³/mol. The monoisotopic (exact) mass is 175 g/mol. The van der Waals surface area contributed by atoms with E-state index in [2.05, 4.69) is 0 Å². The molecule has 1 aromatic heterocycles. The number of benzene rings is 1. The van der Waals surface area contributed by atoms with Crippen LogP contribution in [-0.4, -0.2) is 7.11 Å². The Balaban J connectivity index is 2.87. The number of hydrogen-bond acceptors (Lipinski definition) is 2. The van der Waals surface area contributed by atoms with Gasteiger partial charge in [-0.15, -0.1) is 0 Å². The Bertz CT molecular complexity index is 435. The van der Waals surface area contributed by atoms with E-state index in [1.54, 1.807) is 19.2 Å². The van der Waals surface area contributed by atoms with E-state index in [-0.39, 0.29) is 0 Å². The SMILES string of the molecule is COc1cccc2ccc[n+]([O-])c12. The number of rotatable bonds is 1. The van der Waals surface area contributed by atoms with Gasteiger partial charge in [-0.25, -0.2) is 0 Å². The number of fused-ring (bicyclic) bond motifs is 1. The number of pyridine rings is 1. The first-order chi connectivity index (χ1) is 6.33. The maximum atomic E-state index is 11.4. The fourth-order valence-corrected chi connectivity index (χ4v) is 1.37. The Kier molecular flexibility index (Phi) is 1.77. The molecule has 2 rings (SSSR count). The maximum absolute atomic E-state index is 11.4. The number of para-hydroxylation sites is 1. The van der Waals surface area contributed by atoms with Crippen LogP contribution in [0.3, 0.4) is 0 Å². The third-order valence-corrected chi connectivity index (χ3v) is 1.97. The van der Waals surface area contributed by atoms with Crippen molar-refractivity contribution in [1.29, 1.82) is 0 Å². The van der Waals surface area contributed by atoms with Crippen molar-refractivity contribution in [1.82, 2.24) is 0 Å². The van der Waals surface area contributed by atoms with Gasteiger partial charge in [0.1, 0.15) is 0 Å². The van der Waals surface area contributed by atoms with Crippen LogP contribution in [0.2, 0.25) is 0 Å². The highest BCUT2D eigenvalue weighted by Gasteiger charge is 2.08. The standard InChI is InChI=1S/C10H9NO2/c1-13-9-6-2-4-8-5-3-7-11(12)10(8)9/h2-7H,1H3. The summed E-state index contributed by atoms with van der Waals surface area (Å²) in [6, 6.07) is 9.12. The van der Waals surface area contributed by atoms with Gasteiger partial charge in [-0.05, 0) is 18.2 Å². The predicted octanol–water partition coefficient (Wildman–Crippen LogP) is 1.48. The van der Waals surface area contributed by atoms with E-state index >= 15 is 0 Å². The minimum atomic E-state index is 0.576. The lowest BCUT2D eigenvalue weighted by Gasteiger charge is -2.04. The molecule has 0 saturated heterocycles. The highest BCUT2D eigenvalue weighted by atomic mass is 16.5. The second-order valence-corrected chi connectivity index (χ2v) is 2.73. The Morgan fingerprint density at radius 1 is 1.23 bits per heavy atom. The van der Waals surface area contributed by atoms with Crippen LogP contribution < -0.4 is 9.47 Å². The van der Waals surface area contributed by atoms with Gasteiger partial charge in [0.2, 0.25) is 0 Å². The van der Waals surface area contributed by atoms with Gasteiger partial charge < -0.3 is 9.94 Å². The van der Waals surface area contributed by atoms with Gasteiger partial charge in [0.05, 0.1) is 12.5 Å². The summed E-state index contributed by atoms with van der Waals surface area (Å²) in [6.45, 7) is 0. The lowest BCUT2D eigenvalue weighted by molar-refractivity contribution is -0.577. The first kappa shape index (κ1) is 7.86. The largest absolute Gasteiger partial charge is 0.618 e. The van der Waals surface area contributed by atoms with Gasteiger partial charge in [0.15, 0.2) is 11.9 Å². The van der Waals surface area contributed by atoms with Crippen LogP contribution >= 0.6 is 0 Å². The molecule has 3 nitrogen and oxygen atoms in total. The minimum Gasteiger partial charge on any atom is -0.618 e. The summed E-state index contributed by atoms with van der Waals surface area (Å²) in [5.41, 5.74) is 0.576. The van der Waals surface area contributed by atoms with E-state index in [9.17, 15) is 5.21 Å². The van der Waals surface area contributed by atoms with E-state index in [0.29, 0.717) is 11.3 Å². The molecule has 0 bridgehead atoms. The highest BCUT2D eigenvalue weighted by Crippen LogP contribution is 2.20. The van der Waals surface area contributed by atoms with Crippen molar-refractivity contribution in [3.8, 4) is 5.75 Å². The number of aromatic nitrogens is 1. The highest BCUT2D eigenvalue weighted by molar-refractivity contribution is 5.81. The first-order valence-electron chi connectivity index (χ1n) is 3.98. The van der Waals surface area contributed by atoms with E-state index in [1.165, 1.54) is 6.20 Å². The Morgan fingerprint density at radius 2 is 2.00 bits per heavy atom. The molecule has 3 heteroatoms. The van der Waals surface area contributed by atoms with Crippen molar-refractivity contribution < 1.29 is 9.47 Å². The van der Waals surface area contributed by atoms with E-state index in [0.717, 1.165) is 10.1 Å².